The number of piperazine rings is 1. The molecule has 2 fully saturated rings. The second kappa shape index (κ2) is 8.43. The molecular formula is C23H26FN7O2. The maximum absolute atomic E-state index is 14.0. The number of para-hydroxylation sites is 1. The van der Waals surface area contributed by atoms with E-state index < -0.39 is 11.7 Å². The third-order valence-electron chi connectivity index (χ3n) is 6.49. The van der Waals surface area contributed by atoms with Crippen LogP contribution < -0.4 is 5.73 Å². The lowest BCUT2D eigenvalue weighted by atomic mass is 9.93. The van der Waals surface area contributed by atoms with E-state index in [2.05, 4.69) is 16.9 Å². The Labute approximate surface area is 190 Å². The SMILES string of the molecule is CN1CCN(C(=O)Cn2nc(C3CN(C(=O)c4cc(N)ncc4F)C3)c3ccccc32)CC1. The highest BCUT2D eigenvalue weighted by atomic mass is 19.1. The number of benzene rings is 1. The first-order valence-corrected chi connectivity index (χ1v) is 11.0. The lowest BCUT2D eigenvalue weighted by molar-refractivity contribution is -0.133. The monoisotopic (exact) mass is 451 g/mol. The number of halogens is 1. The highest BCUT2D eigenvalue weighted by Crippen LogP contribution is 2.33. The summed E-state index contributed by atoms with van der Waals surface area (Å²) in [4.78, 5) is 34.9. The van der Waals surface area contributed by atoms with Gasteiger partial charge in [-0.15, -0.1) is 0 Å². The molecule has 0 aliphatic carbocycles. The first kappa shape index (κ1) is 21.3. The molecule has 3 aromatic rings. The average molecular weight is 452 g/mol. The van der Waals surface area contributed by atoms with Gasteiger partial charge < -0.3 is 20.4 Å². The van der Waals surface area contributed by atoms with Crippen molar-refractivity contribution in [2.24, 2.45) is 0 Å². The van der Waals surface area contributed by atoms with Crippen molar-refractivity contribution in [2.45, 2.75) is 12.5 Å². The number of hydrogen-bond acceptors (Lipinski definition) is 6. The van der Waals surface area contributed by atoms with Crippen LogP contribution in [-0.2, 0) is 11.3 Å². The summed E-state index contributed by atoms with van der Waals surface area (Å²) in [6, 6.07) is 9.08. The van der Waals surface area contributed by atoms with E-state index >= 15 is 0 Å². The number of nitrogens with two attached hydrogens (primary N) is 1. The van der Waals surface area contributed by atoms with Gasteiger partial charge in [0.25, 0.3) is 5.91 Å². The molecule has 5 rings (SSSR count). The third-order valence-corrected chi connectivity index (χ3v) is 6.49. The maximum atomic E-state index is 14.0. The summed E-state index contributed by atoms with van der Waals surface area (Å²) in [6.45, 7) is 4.20. The van der Waals surface area contributed by atoms with Crippen LogP contribution in [0.15, 0.2) is 36.5 Å². The molecule has 2 N–H and O–H groups in total. The second-order valence-corrected chi connectivity index (χ2v) is 8.74. The summed E-state index contributed by atoms with van der Waals surface area (Å²) in [5, 5.41) is 5.75. The van der Waals surface area contributed by atoms with Crippen LogP contribution in [0.3, 0.4) is 0 Å². The van der Waals surface area contributed by atoms with Gasteiger partial charge in [-0.3, -0.25) is 14.3 Å². The quantitative estimate of drug-likeness (QED) is 0.639. The minimum absolute atomic E-state index is 0.0149. The van der Waals surface area contributed by atoms with Crippen molar-refractivity contribution in [3.63, 3.8) is 0 Å². The minimum Gasteiger partial charge on any atom is -0.384 e. The van der Waals surface area contributed by atoms with E-state index in [9.17, 15) is 14.0 Å². The van der Waals surface area contributed by atoms with Crippen molar-refractivity contribution in [2.75, 3.05) is 52.0 Å². The van der Waals surface area contributed by atoms with Gasteiger partial charge in [-0.05, 0) is 19.2 Å². The van der Waals surface area contributed by atoms with Gasteiger partial charge in [0.05, 0.1) is 23.0 Å². The number of carbonyl (C=O) groups is 2. The van der Waals surface area contributed by atoms with Crippen molar-refractivity contribution < 1.29 is 14.0 Å². The van der Waals surface area contributed by atoms with Crippen LogP contribution in [0.4, 0.5) is 10.2 Å². The smallest absolute Gasteiger partial charge is 0.257 e. The summed E-state index contributed by atoms with van der Waals surface area (Å²) in [5.74, 6) is -0.923. The standard InChI is InChI=1S/C23H26FN7O2/c1-28-6-8-29(9-7-28)21(32)14-31-19-5-3-2-4-16(19)22(27-31)15-12-30(13-15)23(33)17-10-20(25)26-11-18(17)24/h2-5,10-11,15H,6-9,12-14H2,1H3,(H2,25,26). The van der Waals surface area contributed by atoms with Crippen molar-refractivity contribution in [3.8, 4) is 0 Å². The van der Waals surface area contributed by atoms with Crippen LogP contribution in [0.5, 0.6) is 0 Å². The van der Waals surface area contributed by atoms with E-state index in [-0.39, 0.29) is 29.8 Å². The molecule has 2 saturated heterocycles. The molecule has 0 bridgehead atoms. The Morgan fingerprint density at radius 2 is 1.85 bits per heavy atom. The van der Waals surface area contributed by atoms with E-state index in [4.69, 9.17) is 10.8 Å². The largest absolute Gasteiger partial charge is 0.384 e. The number of nitrogens with zero attached hydrogens (tertiary/aromatic N) is 6. The van der Waals surface area contributed by atoms with Gasteiger partial charge in [0.2, 0.25) is 5.91 Å². The van der Waals surface area contributed by atoms with E-state index in [0.29, 0.717) is 13.1 Å². The zero-order valence-corrected chi connectivity index (χ0v) is 18.4. The molecule has 1 aromatic carbocycles. The maximum Gasteiger partial charge on any atom is 0.257 e. The molecule has 10 heteroatoms. The highest BCUT2D eigenvalue weighted by Gasteiger charge is 2.36. The number of likely N-dealkylation sites (N-methyl/N-ethyl adjacent to an activating group) is 1. The van der Waals surface area contributed by atoms with Crippen LogP contribution in [0, 0.1) is 5.82 Å². The fraction of sp³-hybridized carbons (Fsp3) is 0.391. The van der Waals surface area contributed by atoms with E-state index in [0.717, 1.165) is 49.0 Å². The molecule has 33 heavy (non-hydrogen) atoms. The Morgan fingerprint density at radius 1 is 1.12 bits per heavy atom. The number of fused-ring (bicyclic) bond motifs is 1. The van der Waals surface area contributed by atoms with Crippen LogP contribution >= 0.6 is 0 Å². The Morgan fingerprint density at radius 3 is 2.61 bits per heavy atom. The van der Waals surface area contributed by atoms with Gasteiger partial charge in [-0.25, -0.2) is 9.37 Å². The number of amides is 2. The highest BCUT2D eigenvalue weighted by molar-refractivity contribution is 5.96. The summed E-state index contributed by atoms with van der Waals surface area (Å²) < 4.78 is 15.8. The van der Waals surface area contributed by atoms with Crippen LogP contribution in [0.2, 0.25) is 0 Å². The first-order chi connectivity index (χ1) is 15.9. The lowest BCUT2D eigenvalue weighted by Gasteiger charge is -2.38. The molecule has 2 aliphatic heterocycles. The van der Waals surface area contributed by atoms with Crippen molar-refractivity contribution in [3.05, 3.63) is 53.6 Å². The van der Waals surface area contributed by atoms with Crippen LogP contribution in [0.1, 0.15) is 22.0 Å². The van der Waals surface area contributed by atoms with Crippen molar-refractivity contribution in [1.29, 1.82) is 0 Å². The normalized spacial score (nSPS) is 17.4. The molecule has 0 atom stereocenters. The molecule has 0 unspecified atom stereocenters. The molecule has 2 aliphatic rings. The molecule has 4 heterocycles. The fourth-order valence-corrected chi connectivity index (χ4v) is 4.47. The minimum atomic E-state index is -0.685. The van der Waals surface area contributed by atoms with E-state index in [1.165, 1.54) is 6.07 Å². The Hall–Kier alpha value is -3.53. The summed E-state index contributed by atoms with van der Waals surface area (Å²) in [6.07, 6.45) is 0.965. The molecule has 2 aromatic heterocycles. The molecule has 172 valence electrons. The third kappa shape index (κ3) is 4.02. The van der Waals surface area contributed by atoms with Crippen LogP contribution in [-0.4, -0.2) is 87.6 Å². The van der Waals surface area contributed by atoms with Gasteiger partial charge in [-0.1, -0.05) is 18.2 Å². The number of rotatable bonds is 4. The first-order valence-electron chi connectivity index (χ1n) is 11.0. The summed E-state index contributed by atoms with van der Waals surface area (Å²) in [7, 11) is 2.06. The number of anilines is 1. The molecular weight excluding hydrogens is 425 g/mol. The zero-order valence-electron chi connectivity index (χ0n) is 18.4. The number of carbonyl (C=O) groups excluding carboxylic acids is 2. The molecule has 0 radical (unpaired) electrons. The average Bonchev–Trinajstić information content (AvgIpc) is 3.13. The molecule has 0 saturated carbocycles. The molecule has 0 spiro atoms. The Bertz CT molecular complexity index is 1210. The lowest BCUT2D eigenvalue weighted by Crippen LogP contribution is -2.49. The predicted octanol–water partition coefficient (Wildman–Crippen LogP) is 1.17. The van der Waals surface area contributed by atoms with Crippen molar-refractivity contribution >= 4 is 28.5 Å². The predicted molar refractivity (Wildman–Crippen MR) is 121 cm³/mol. The second-order valence-electron chi connectivity index (χ2n) is 8.74. The zero-order chi connectivity index (χ0) is 23.1. The van der Waals surface area contributed by atoms with Gasteiger partial charge >= 0.3 is 0 Å². The molecule has 9 nitrogen and oxygen atoms in total. The number of hydrogen-bond donors (Lipinski definition) is 1. The number of pyridine rings is 1. The van der Waals surface area contributed by atoms with E-state index in [1.54, 1.807) is 9.58 Å². The van der Waals surface area contributed by atoms with Gasteiger partial charge in [-0.2, -0.15) is 5.10 Å². The Kier molecular flexibility index (Phi) is 5.45. The van der Waals surface area contributed by atoms with Gasteiger partial charge in [0.15, 0.2) is 5.82 Å². The van der Waals surface area contributed by atoms with Gasteiger partial charge in [0.1, 0.15) is 12.4 Å². The summed E-state index contributed by atoms with van der Waals surface area (Å²) in [5.41, 5.74) is 7.29. The van der Waals surface area contributed by atoms with Gasteiger partial charge in [0, 0.05) is 50.6 Å². The topological polar surface area (TPSA) is 101 Å². The van der Waals surface area contributed by atoms with Crippen molar-refractivity contribution in [1.82, 2.24) is 29.5 Å². The number of likely N-dealkylation sites (tertiary alicyclic amines) is 1. The molecule has 2 amide bonds. The van der Waals surface area contributed by atoms with Crippen LogP contribution in [0.25, 0.3) is 10.9 Å². The van der Waals surface area contributed by atoms with E-state index in [1.807, 2.05) is 29.2 Å². The fourth-order valence-electron chi connectivity index (χ4n) is 4.47. The number of nitrogen functional groups attached to an aromatic ring is 1. The summed E-state index contributed by atoms with van der Waals surface area (Å²) >= 11 is 0. The number of aromatic nitrogens is 3. The Balaban J connectivity index is 1.32.